The van der Waals surface area contributed by atoms with E-state index < -0.39 is 5.91 Å². The number of aryl methyl sites for hydroxylation is 1. The molecule has 0 fully saturated rings. The van der Waals surface area contributed by atoms with Crippen molar-refractivity contribution in [1.82, 2.24) is 5.43 Å². The Morgan fingerprint density at radius 3 is 2.52 bits per heavy atom. The lowest BCUT2D eigenvalue weighted by Gasteiger charge is -2.09. The van der Waals surface area contributed by atoms with Gasteiger partial charge in [-0.2, -0.15) is 5.10 Å². The van der Waals surface area contributed by atoms with Crippen molar-refractivity contribution in [2.45, 2.75) is 13.5 Å². The molecule has 4 nitrogen and oxygen atoms in total. The molecule has 3 aromatic rings. The van der Waals surface area contributed by atoms with Crippen LogP contribution in [0.25, 0.3) is 0 Å². The summed E-state index contributed by atoms with van der Waals surface area (Å²) < 4.78 is 5.74. The highest BCUT2D eigenvalue weighted by Gasteiger charge is 2.09. The van der Waals surface area contributed by atoms with E-state index in [2.05, 4.69) is 10.5 Å². The lowest BCUT2D eigenvalue weighted by molar-refractivity contribution is 0.0955. The van der Waals surface area contributed by atoms with Crippen molar-refractivity contribution in [3.8, 4) is 5.75 Å². The van der Waals surface area contributed by atoms with Crippen molar-refractivity contribution in [2.24, 2.45) is 5.10 Å². The number of ether oxygens (including phenoxy) is 1. The molecule has 1 amide bonds. The molecule has 29 heavy (non-hydrogen) atoms. The molecule has 3 rings (SSSR count). The van der Waals surface area contributed by atoms with Gasteiger partial charge in [-0.1, -0.05) is 59.1 Å². The molecule has 0 saturated carbocycles. The molecular formula is C22H17Cl3N2O2. The third-order valence-electron chi connectivity index (χ3n) is 4.05. The van der Waals surface area contributed by atoms with Crippen molar-refractivity contribution in [1.29, 1.82) is 0 Å². The first-order chi connectivity index (χ1) is 13.9. The van der Waals surface area contributed by atoms with Crippen molar-refractivity contribution in [3.63, 3.8) is 0 Å². The average molecular weight is 448 g/mol. The van der Waals surface area contributed by atoms with Crippen LogP contribution in [-0.2, 0) is 6.61 Å². The predicted octanol–water partition coefficient (Wildman–Crippen LogP) is 6.30. The van der Waals surface area contributed by atoms with Crippen molar-refractivity contribution >= 4 is 46.9 Å². The number of hydrazone groups is 1. The second kappa shape index (κ2) is 9.79. The molecule has 0 aromatic heterocycles. The van der Waals surface area contributed by atoms with Gasteiger partial charge in [0.2, 0.25) is 0 Å². The first-order valence-electron chi connectivity index (χ1n) is 8.69. The summed E-state index contributed by atoms with van der Waals surface area (Å²) in [6.07, 6.45) is 1.49. The predicted molar refractivity (Wildman–Crippen MR) is 118 cm³/mol. The number of nitrogens with zero attached hydrogens (tertiary/aromatic N) is 1. The molecule has 0 aliphatic heterocycles. The zero-order chi connectivity index (χ0) is 20.8. The molecule has 0 unspecified atom stereocenters. The summed E-state index contributed by atoms with van der Waals surface area (Å²) in [6.45, 7) is 2.21. The molecular weight excluding hydrogens is 431 g/mol. The van der Waals surface area contributed by atoms with Crippen molar-refractivity contribution in [2.75, 3.05) is 0 Å². The number of halogens is 3. The van der Waals surface area contributed by atoms with Crippen LogP contribution in [-0.4, -0.2) is 12.1 Å². The van der Waals surface area contributed by atoms with Crippen LogP contribution in [0.4, 0.5) is 0 Å². The lowest BCUT2D eigenvalue weighted by Crippen LogP contribution is -2.18. The monoisotopic (exact) mass is 446 g/mol. The summed E-state index contributed by atoms with van der Waals surface area (Å²) in [5.74, 6) is 0.135. The van der Waals surface area contributed by atoms with E-state index in [1.54, 1.807) is 36.4 Å². The van der Waals surface area contributed by atoms with Crippen molar-refractivity contribution in [3.05, 3.63) is 98.0 Å². The fourth-order valence-corrected chi connectivity index (χ4v) is 3.27. The third kappa shape index (κ3) is 5.73. The molecule has 148 valence electrons. The lowest BCUT2D eigenvalue weighted by atomic mass is 10.1. The second-order valence-electron chi connectivity index (χ2n) is 6.25. The van der Waals surface area contributed by atoms with E-state index in [4.69, 9.17) is 39.5 Å². The normalized spacial score (nSPS) is 10.9. The molecule has 7 heteroatoms. The van der Waals surface area contributed by atoms with Gasteiger partial charge in [-0.25, -0.2) is 5.43 Å². The van der Waals surface area contributed by atoms with Crippen LogP contribution in [0.15, 0.2) is 65.8 Å². The van der Waals surface area contributed by atoms with E-state index in [0.717, 1.165) is 11.1 Å². The highest BCUT2D eigenvalue weighted by molar-refractivity contribution is 6.34. The molecule has 0 aliphatic rings. The summed E-state index contributed by atoms with van der Waals surface area (Å²) >= 11 is 18.5. The van der Waals surface area contributed by atoms with Gasteiger partial charge in [0.25, 0.3) is 5.91 Å². The highest BCUT2D eigenvalue weighted by atomic mass is 35.5. The molecule has 0 spiro atoms. The summed E-state index contributed by atoms with van der Waals surface area (Å²) in [7, 11) is 0. The van der Waals surface area contributed by atoms with Gasteiger partial charge in [0.15, 0.2) is 0 Å². The van der Waals surface area contributed by atoms with Gasteiger partial charge in [-0.15, -0.1) is 0 Å². The fraction of sp³-hybridized carbons (Fsp3) is 0.0909. The Labute approximate surface area is 184 Å². The quantitative estimate of drug-likeness (QED) is 0.356. The van der Waals surface area contributed by atoms with Gasteiger partial charge in [-0.05, 0) is 54.4 Å². The number of rotatable bonds is 6. The second-order valence-corrected chi connectivity index (χ2v) is 7.47. The number of carbonyl (C=O) groups excluding carboxylic acids is 1. The minimum Gasteiger partial charge on any atom is -0.487 e. The van der Waals surface area contributed by atoms with E-state index in [1.807, 2.05) is 31.2 Å². The molecule has 0 radical (unpaired) electrons. The van der Waals surface area contributed by atoms with Crippen molar-refractivity contribution < 1.29 is 9.53 Å². The molecule has 0 atom stereocenters. The first-order valence-corrected chi connectivity index (χ1v) is 9.83. The van der Waals surface area contributed by atoms with Gasteiger partial charge in [0.1, 0.15) is 12.4 Å². The largest absolute Gasteiger partial charge is 0.487 e. The number of benzene rings is 3. The van der Waals surface area contributed by atoms with Gasteiger partial charge >= 0.3 is 0 Å². The highest BCUT2D eigenvalue weighted by Crippen LogP contribution is 2.27. The van der Waals surface area contributed by atoms with Crippen LogP contribution in [0.3, 0.4) is 0 Å². The summed E-state index contributed by atoms with van der Waals surface area (Å²) in [5, 5.41) is 5.39. The average Bonchev–Trinajstić information content (AvgIpc) is 2.68. The van der Waals surface area contributed by atoms with E-state index in [0.29, 0.717) is 38.6 Å². The van der Waals surface area contributed by atoms with E-state index in [1.165, 1.54) is 6.21 Å². The third-order valence-corrected chi connectivity index (χ3v) is 5.02. The Balaban J connectivity index is 1.61. The van der Waals surface area contributed by atoms with Crippen LogP contribution < -0.4 is 10.2 Å². The smallest absolute Gasteiger partial charge is 0.272 e. The number of hydrogen-bond acceptors (Lipinski definition) is 3. The van der Waals surface area contributed by atoms with Crippen LogP contribution >= 0.6 is 34.8 Å². The topological polar surface area (TPSA) is 50.7 Å². The first kappa shape index (κ1) is 21.2. The fourth-order valence-electron chi connectivity index (χ4n) is 2.52. The van der Waals surface area contributed by atoms with Gasteiger partial charge < -0.3 is 4.74 Å². The Hall–Kier alpha value is -2.53. The van der Waals surface area contributed by atoms with Gasteiger partial charge in [-0.3, -0.25) is 4.79 Å². The zero-order valence-corrected chi connectivity index (χ0v) is 17.7. The van der Waals surface area contributed by atoms with Gasteiger partial charge in [0.05, 0.1) is 21.8 Å². The molecule has 1 N–H and O–H groups in total. The summed E-state index contributed by atoms with van der Waals surface area (Å²) in [4.78, 5) is 12.2. The molecule has 0 heterocycles. The Kier molecular flexibility index (Phi) is 7.15. The molecule has 0 aliphatic carbocycles. The molecule has 0 bridgehead atoms. The standard InChI is InChI=1S/C22H17Cl3N2O2/c1-14-6-8-17(19(24)10-14)22(28)27-26-12-15-7-9-21(20(25)11-15)29-13-16-4-2-3-5-18(16)23/h2-12H,13H2,1H3,(H,27,28)/b26-12-. The van der Waals surface area contributed by atoms with Crippen LogP contribution in [0, 0.1) is 6.92 Å². The maximum absolute atomic E-state index is 12.2. The van der Waals surface area contributed by atoms with E-state index >= 15 is 0 Å². The number of amides is 1. The SMILES string of the molecule is Cc1ccc(C(=O)N/N=C\c2ccc(OCc3ccccc3Cl)c(Cl)c2)c(Cl)c1. The van der Waals surface area contributed by atoms with E-state index in [-0.39, 0.29) is 0 Å². The van der Waals surface area contributed by atoms with Crippen LogP contribution in [0.2, 0.25) is 15.1 Å². The minimum atomic E-state index is -0.392. The number of hydrogen-bond donors (Lipinski definition) is 1. The van der Waals surface area contributed by atoms with Crippen LogP contribution in [0.1, 0.15) is 27.0 Å². The Morgan fingerprint density at radius 1 is 1.00 bits per heavy atom. The molecule has 0 saturated heterocycles. The number of carbonyl (C=O) groups is 1. The minimum absolute atomic E-state index is 0.306. The summed E-state index contributed by atoms with van der Waals surface area (Å²) in [5.41, 5.74) is 5.36. The zero-order valence-electron chi connectivity index (χ0n) is 15.5. The number of nitrogens with one attached hydrogen (secondary N) is 1. The van der Waals surface area contributed by atoms with Gasteiger partial charge in [0, 0.05) is 10.6 Å². The molecule has 3 aromatic carbocycles. The van der Waals surface area contributed by atoms with Crippen LogP contribution in [0.5, 0.6) is 5.75 Å². The van der Waals surface area contributed by atoms with E-state index in [9.17, 15) is 4.79 Å². The Bertz CT molecular complexity index is 1070. The maximum Gasteiger partial charge on any atom is 0.272 e. The Morgan fingerprint density at radius 2 is 1.79 bits per heavy atom. The maximum atomic E-state index is 12.2. The summed E-state index contributed by atoms with van der Waals surface area (Å²) in [6, 6.07) is 17.8.